The minimum absolute atomic E-state index is 0.0604. The summed E-state index contributed by atoms with van der Waals surface area (Å²) in [6.45, 7) is 1.33. The Morgan fingerprint density at radius 3 is 2.26 bits per heavy atom. The van der Waals surface area contributed by atoms with Crippen molar-refractivity contribution < 1.29 is 23.1 Å². The molecule has 1 atom stereocenters. The summed E-state index contributed by atoms with van der Waals surface area (Å²) in [5.41, 5.74) is 5.45. The molecule has 0 aliphatic rings. The standard InChI is InChI=1S/C11H14N2O5S/c1-7(11(12)16)13-19(17,18)9-4-2-8(3-5-9)6-10(14)15/h2-5,7,13H,6H2,1H3,(H2,12,16)(H,14,15). The summed E-state index contributed by atoms with van der Waals surface area (Å²) in [5.74, 6) is -1.79. The molecule has 0 aliphatic heterocycles. The van der Waals surface area contributed by atoms with Crippen molar-refractivity contribution in [3.8, 4) is 0 Å². The van der Waals surface area contributed by atoms with Crippen LogP contribution < -0.4 is 10.5 Å². The molecule has 0 aliphatic carbocycles. The van der Waals surface area contributed by atoms with E-state index in [0.717, 1.165) is 0 Å². The number of primary amides is 1. The molecule has 0 spiro atoms. The molecule has 8 heteroatoms. The van der Waals surface area contributed by atoms with Crippen molar-refractivity contribution in [1.29, 1.82) is 0 Å². The Balaban J connectivity index is 2.90. The molecule has 1 aromatic carbocycles. The lowest BCUT2D eigenvalue weighted by molar-refractivity contribution is -0.136. The van der Waals surface area contributed by atoms with Crippen LogP contribution in [0.5, 0.6) is 0 Å². The third-order valence-corrected chi connectivity index (χ3v) is 3.90. The maximum Gasteiger partial charge on any atom is 0.307 e. The van der Waals surface area contributed by atoms with Gasteiger partial charge in [0.1, 0.15) is 0 Å². The van der Waals surface area contributed by atoms with Crippen LogP contribution in [0, 0.1) is 0 Å². The molecule has 0 heterocycles. The van der Waals surface area contributed by atoms with Gasteiger partial charge < -0.3 is 10.8 Å². The van der Waals surface area contributed by atoms with Gasteiger partial charge in [-0.05, 0) is 24.6 Å². The highest BCUT2D eigenvalue weighted by Crippen LogP contribution is 2.11. The van der Waals surface area contributed by atoms with Crippen LogP contribution in [-0.2, 0) is 26.0 Å². The molecule has 0 aromatic heterocycles. The maximum absolute atomic E-state index is 11.8. The summed E-state index contributed by atoms with van der Waals surface area (Å²) < 4.78 is 25.8. The van der Waals surface area contributed by atoms with Crippen LogP contribution in [0.2, 0.25) is 0 Å². The van der Waals surface area contributed by atoms with E-state index in [1.165, 1.54) is 31.2 Å². The molecular weight excluding hydrogens is 272 g/mol. The predicted octanol–water partition coefficient (Wildman–Crippen LogP) is -0.534. The van der Waals surface area contributed by atoms with Crippen molar-refractivity contribution in [3.05, 3.63) is 29.8 Å². The zero-order valence-electron chi connectivity index (χ0n) is 10.2. The van der Waals surface area contributed by atoms with Gasteiger partial charge in [-0.3, -0.25) is 9.59 Å². The first-order valence-corrected chi connectivity index (χ1v) is 6.83. The lowest BCUT2D eigenvalue weighted by Gasteiger charge is -2.11. The van der Waals surface area contributed by atoms with Gasteiger partial charge in [-0.25, -0.2) is 8.42 Å². The first-order valence-electron chi connectivity index (χ1n) is 5.35. The van der Waals surface area contributed by atoms with Gasteiger partial charge in [0.15, 0.2) is 0 Å². The van der Waals surface area contributed by atoms with Crippen molar-refractivity contribution >= 4 is 21.9 Å². The zero-order valence-corrected chi connectivity index (χ0v) is 11.0. The molecule has 0 fully saturated rings. The van der Waals surface area contributed by atoms with Crippen molar-refractivity contribution in [2.45, 2.75) is 24.3 Å². The number of nitrogens with one attached hydrogen (secondary N) is 1. The number of hydrogen-bond acceptors (Lipinski definition) is 4. The van der Waals surface area contributed by atoms with Crippen LogP contribution >= 0.6 is 0 Å². The summed E-state index contributed by atoms with van der Waals surface area (Å²) in [4.78, 5) is 21.2. The minimum atomic E-state index is -3.85. The molecule has 19 heavy (non-hydrogen) atoms. The molecule has 1 unspecified atom stereocenters. The molecule has 1 rings (SSSR count). The van der Waals surface area contributed by atoms with Crippen molar-refractivity contribution in [1.82, 2.24) is 4.72 Å². The Hall–Kier alpha value is -1.93. The second-order valence-electron chi connectivity index (χ2n) is 3.96. The normalized spacial score (nSPS) is 12.9. The van der Waals surface area contributed by atoms with E-state index in [1.54, 1.807) is 0 Å². The summed E-state index contributed by atoms with van der Waals surface area (Å²) in [6, 6.07) is 4.32. The number of aliphatic carboxylic acids is 1. The maximum atomic E-state index is 11.8. The van der Waals surface area contributed by atoms with E-state index in [4.69, 9.17) is 10.8 Å². The average molecular weight is 286 g/mol. The minimum Gasteiger partial charge on any atom is -0.481 e. The number of nitrogens with two attached hydrogens (primary N) is 1. The smallest absolute Gasteiger partial charge is 0.307 e. The lowest BCUT2D eigenvalue weighted by atomic mass is 10.2. The number of carboxylic acids is 1. The highest BCUT2D eigenvalue weighted by Gasteiger charge is 2.20. The van der Waals surface area contributed by atoms with Crippen LogP contribution in [-0.4, -0.2) is 31.4 Å². The highest BCUT2D eigenvalue weighted by molar-refractivity contribution is 7.89. The molecule has 7 nitrogen and oxygen atoms in total. The molecule has 4 N–H and O–H groups in total. The van der Waals surface area contributed by atoms with Crippen LogP contribution in [0.1, 0.15) is 12.5 Å². The van der Waals surface area contributed by atoms with Gasteiger partial charge in [-0.1, -0.05) is 12.1 Å². The van der Waals surface area contributed by atoms with Crippen LogP contribution in [0.3, 0.4) is 0 Å². The monoisotopic (exact) mass is 286 g/mol. The average Bonchev–Trinajstić information content (AvgIpc) is 2.28. The van der Waals surface area contributed by atoms with Gasteiger partial charge in [0.2, 0.25) is 15.9 Å². The van der Waals surface area contributed by atoms with E-state index in [9.17, 15) is 18.0 Å². The second-order valence-corrected chi connectivity index (χ2v) is 5.67. The van der Waals surface area contributed by atoms with E-state index in [2.05, 4.69) is 4.72 Å². The molecule has 1 aromatic rings. The number of sulfonamides is 1. The fourth-order valence-electron chi connectivity index (χ4n) is 1.32. The van der Waals surface area contributed by atoms with Gasteiger partial charge in [-0.2, -0.15) is 4.72 Å². The summed E-state index contributed by atoms with van der Waals surface area (Å²) >= 11 is 0. The number of hydrogen-bond donors (Lipinski definition) is 3. The van der Waals surface area contributed by atoms with Gasteiger partial charge in [0.25, 0.3) is 0 Å². The number of rotatable bonds is 6. The van der Waals surface area contributed by atoms with E-state index in [-0.39, 0.29) is 11.3 Å². The summed E-state index contributed by atoms with van der Waals surface area (Å²) in [7, 11) is -3.85. The third kappa shape index (κ3) is 4.34. The molecule has 104 valence electrons. The zero-order chi connectivity index (χ0) is 14.6. The van der Waals surface area contributed by atoms with E-state index < -0.39 is 27.9 Å². The quantitative estimate of drug-likeness (QED) is 0.647. The Bertz CT molecular complexity index is 580. The summed E-state index contributed by atoms with van der Waals surface area (Å²) in [5, 5.41) is 8.59. The first kappa shape index (κ1) is 15.1. The fraction of sp³-hybridized carbons (Fsp3) is 0.273. The molecule has 0 saturated carbocycles. The Kier molecular flexibility index (Phi) is 4.62. The Morgan fingerprint density at radius 2 is 1.84 bits per heavy atom. The molecule has 0 bridgehead atoms. The number of benzene rings is 1. The van der Waals surface area contributed by atoms with Gasteiger partial charge in [0, 0.05) is 0 Å². The van der Waals surface area contributed by atoms with Crippen molar-refractivity contribution in [2.24, 2.45) is 5.73 Å². The van der Waals surface area contributed by atoms with Crippen LogP contribution in [0.4, 0.5) is 0 Å². The predicted molar refractivity (Wildman–Crippen MR) is 66.8 cm³/mol. The topological polar surface area (TPSA) is 127 Å². The first-order chi connectivity index (χ1) is 8.72. The molecule has 1 amide bonds. The van der Waals surface area contributed by atoms with Crippen LogP contribution in [0.25, 0.3) is 0 Å². The molecular formula is C11H14N2O5S. The third-order valence-electron chi connectivity index (χ3n) is 2.35. The Labute approximate surface area is 110 Å². The second kappa shape index (κ2) is 5.81. The fourth-order valence-corrected chi connectivity index (χ4v) is 2.53. The molecule has 0 saturated heterocycles. The largest absolute Gasteiger partial charge is 0.481 e. The number of amides is 1. The number of carbonyl (C=O) groups is 2. The van der Waals surface area contributed by atoms with Crippen molar-refractivity contribution in [2.75, 3.05) is 0 Å². The van der Waals surface area contributed by atoms with Crippen LogP contribution in [0.15, 0.2) is 29.2 Å². The summed E-state index contributed by atoms with van der Waals surface area (Å²) in [6.07, 6.45) is -0.189. The molecule has 0 radical (unpaired) electrons. The number of carbonyl (C=O) groups excluding carboxylic acids is 1. The van der Waals surface area contributed by atoms with E-state index in [1.807, 2.05) is 0 Å². The Morgan fingerprint density at radius 1 is 1.32 bits per heavy atom. The van der Waals surface area contributed by atoms with Crippen molar-refractivity contribution in [3.63, 3.8) is 0 Å². The van der Waals surface area contributed by atoms with Gasteiger partial charge >= 0.3 is 5.97 Å². The number of carboxylic acid groups (broad SMARTS) is 1. The van der Waals surface area contributed by atoms with E-state index >= 15 is 0 Å². The van der Waals surface area contributed by atoms with Gasteiger partial charge in [-0.15, -0.1) is 0 Å². The van der Waals surface area contributed by atoms with E-state index in [0.29, 0.717) is 5.56 Å². The lowest BCUT2D eigenvalue weighted by Crippen LogP contribution is -2.42. The van der Waals surface area contributed by atoms with Gasteiger partial charge in [0.05, 0.1) is 17.4 Å². The highest BCUT2D eigenvalue weighted by atomic mass is 32.2. The SMILES string of the molecule is CC(NS(=O)(=O)c1ccc(CC(=O)O)cc1)C(N)=O.